The van der Waals surface area contributed by atoms with Crippen LogP contribution in [-0.2, 0) is 0 Å². The van der Waals surface area contributed by atoms with Crippen molar-refractivity contribution in [3.05, 3.63) is 41.6 Å². The zero-order valence-corrected chi connectivity index (χ0v) is 11.9. The van der Waals surface area contributed by atoms with E-state index in [0.29, 0.717) is 16.9 Å². The first-order chi connectivity index (χ1) is 9.99. The number of imidazole rings is 1. The third-order valence-electron chi connectivity index (χ3n) is 3.40. The zero-order chi connectivity index (χ0) is 15.1. The van der Waals surface area contributed by atoms with Gasteiger partial charge in [0, 0.05) is 11.8 Å². The summed E-state index contributed by atoms with van der Waals surface area (Å²) in [4.78, 5) is 12.2. The molecule has 3 rings (SSSR count). The second kappa shape index (κ2) is 4.80. The van der Waals surface area contributed by atoms with Crippen molar-refractivity contribution >= 4 is 5.65 Å². The summed E-state index contributed by atoms with van der Waals surface area (Å²) in [6.07, 6.45) is 3.86. The van der Waals surface area contributed by atoms with Gasteiger partial charge in [-0.15, -0.1) is 0 Å². The van der Waals surface area contributed by atoms with Crippen molar-refractivity contribution in [2.75, 3.05) is 0 Å². The summed E-state index contributed by atoms with van der Waals surface area (Å²) in [6.45, 7) is 5.70. The number of aromatic nitrogens is 4. The van der Waals surface area contributed by atoms with Crippen LogP contribution in [0.4, 0.5) is 4.39 Å². The van der Waals surface area contributed by atoms with E-state index in [1.807, 2.05) is 26.8 Å². The van der Waals surface area contributed by atoms with Crippen LogP contribution in [0.5, 0.6) is 5.88 Å². The highest BCUT2D eigenvalue weighted by Gasteiger charge is 2.17. The number of fused-ring (bicyclic) bond motifs is 1. The third-order valence-corrected chi connectivity index (χ3v) is 3.40. The molecule has 0 aromatic carbocycles. The molecule has 0 saturated carbocycles. The predicted molar refractivity (Wildman–Crippen MR) is 75.5 cm³/mol. The maximum absolute atomic E-state index is 13.9. The van der Waals surface area contributed by atoms with Gasteiger partial charge in [0.2, 0.25) is 11.8 Å². The van der Waals surface area contributed by atoms with Gasteiger partial charge in [0.1, 0.15) is 11.8 Å². The average Bonchev–Trinajstić information content (AvgIpc) is 2.80. The largest absolute Gasteiger partial charge is 0.493 e. The number of nitrogens with zero attached hydrogens (tertiary/aromatic N) is 4. The van der Waals surface area contributed by atoms with Gasteiger partial charge in [-0.25, -0.2) is 9.97 Å². The van der Waals surface area contributed by atoms with Gasteiger partial charge in [0.25, 0.3) is 0 Å². The molecule has 0 saturated heterocycles. The van der Waals surface area contributed by atoms with Gasteiger partial charge in [0.05, 0.1) is 5.69 Å². The summed E-state index contributed by atoms with van der Waals surface area (Å²) in [7, 11) is 0. The van der Waals surface area contributed by atoms with Crippen molar-refractivity contribution in [1.82, 2.24) is 19.4 Å². The fourth-order valence-electron chi connectivity index (χ4n) is 2.26. The van der Waals surface area contributed by atoms with Gasteiger partial charge in [-0.2, -0.15) is 9.37 Å². The number of pyridine rings is 1. The van der Waals surface area contributed by atoms with Crippen LogP contribution in [0.25, 0.3) is 17.2 Å². The third kappa shape index (κ3) is 2.12. The first kappa shape index (κ1) is 13.5. The van der Waals surface area contributed by atoms with E-state index in [0.717, 1.165) is 5.56 Å². The Hall–Kier alpha value is -2.50. The normalized spacial score (nSPS) is 11.5. The molecular formula is C15H14FN4O. The predicted octanol–water partition coefficient (Wildman–Crippen LogP) is 2.87. The van der Waals surface area contributed by atoms with Crippen molar-refractivity contribution in [2.45, 2.75) is 26.7 Å². The van der Waals surface area contributed by atoms with Crippen LogP contribution in [0.1, 0.15) is 30.9 Å². The molecule has 1 N–H and O–H groups in total. The standard InChI is InChI=1S/C15H14FN4O/c1-8(2)10-6-18-14(19-15(10)21)13-9(3)4-5-12-17-7-11(16)20(12)13/h4-6,8H,1-3H3,(H,18,19,21). The lowest BCUT2D eigenvalue weighted by Crippen LogP contribution is -2.03. The molecule has 5 nitrogen and oxygen atoms in total. The summed E-state index contributed by atoms with van der Waals surface area (Å²) >= 11 is 0. The second-order valence-corrected chi connectivity index (χ2v) is 5.20. The molecule has 0 aliphatic heterocycles. The van der Waals surface area contributed by atoms with Crippen LogP contribution in [-0.4, -0.2) is 24.5 Å². The van der Waals surface area contributed by atoms with Crippen LogP contribution in [0.15, 0.2) is 18.3 Å². The Bertz CT molecular complexity index is 826. The van der Waals surface area contributed by atoms with Crippen LogP contribution in [0.2, 0.25) is 0 Å². The summed E-state index contributed by atoms with van der Waals surface area (Å²) in [5.74, 6) is -0.338. The van der Waals surface area contributed by atoms with E-state index >= 15 is 0 Å². The van der Waals surface area contributed by atoms with Gasteiger partial charge >= 0.3 is 0 Å². The van der Waals surface area contributed by atoms with Gasteiger partial charge in [0.15, 0.2) is 5.82 Å². The monoisotopic (exact) mass is 285 g/mol. The van der Waals surface area contributed by atoms with Crippen molar-refractivity contribution in [3.8, 4) is 17.4 Å². The number of hydrogen-bond acceptors (Lipinski definition) is 4. The highest BCUT2D eigenvalue weighted by Crippen LogP contribution is 2.27. The molecule has 3 aromatic heterocycles. The number of aryl methyl sites for hydroxylation is 1. The second-order valence-electron chi connectivity index (χ2n) is 5.20. The summed E-state index contributed by atoms with van der Waals surface area (Å²) in [5, 5.41) is 10.0. The first-order valence-electron chi connectivity index (χ1n) is 6.60. The molecule has 0 fully saturated rings. The van der Waals surface area contributed by atoms with Crippen molar-refractivity contribution in [1.29, 1.82) is 0 Å². The molecule has 0 bridgehead atoms. The van der Waals surface area contributed by atoms with E-state index in [1.54, 1.807) is 12.3 Å². The summed E-state index contributed by atoms with van der Waals surface area (Å²) < 4.78 is 15.2. The lowest BCUT2D eigenvalue weighted by Gasteiger charge is -2.11. The highest BCUT2D eigenvalue weighted by molar-refractivity contribution is 5.61. The zero-order valence-electron chi connectivity index (χ0n) is 11.9. The Morgan fingerprint density at radius 2 is 2.10 bits per heavy atom. The molecule has 0 amide bonds. The average molecular weight is 285 g/mol. The van der Waals surface area contributed by atoms with Gasteiger partial charge in [-0.05, 0) is 24.5 Å². The van der Waals surface area contributed by atoms with Crippen LogP contribution < -0.4 is 0 Å². The quantitative estimate of drug-likeness (QED) is 0.786. The molecule has 107 valence electrons. The minimum atomic E-state index is -0.611. The van der Waals surface area contributed by atoms with Gasteiger partial charge in [-0.3, -0.25) is 4.40 Å². The van der Waals surface area contributed by atoms with Crippen LogP contribution in [0.3, 0.4) is 0 Å². The number of halogens is 1. The smallest absolute Gasteiger partial charge is 0.228 e. The fraction of sp³-hybridized carbons (Fsp3) is 0.267. The Kier molecular flexibility index (Phi) is 3.08. The lowest BCUT2D eigenvalue weighted by atomic mass is 10.1. The van der Waals surface area contributed by atoms with E-state index in [4.69, 9.17) is 0 Å². The molecule has 6 heteroatoms. The van der Waals surface area contributed by atoms with Gasteiger partial charge < -0.3 is 5.11 Å². The topological polar surface area (TPSA) is 63.3 Å². The number of rotatable bonds is 2. The van der Waals surface area contributed by atoms with Gasteiger partial charge in [-0.1, -0.05) is 19.9 Å². The Labute approximate surface area is 121 Å². The minimum Gasteiger partial charge on any atom is -0.493 e. The minimum absolute atomic E-state index is 0.0871. The summed E-state index contributed by atoms with van der Waals surface area (Å²) in [6, 6.07) is 3.50. The molecule has 0 aliphatic rings. The maximum Gasteiger partial charge on any atom is 0.228 e. The molecule has 21 heavy (non-hydrogen) atoms. The molecule has 0 unspecified atom stereocenters. The maximum atomic E-state index is 13.9. The molecule has 3 aromatic rings. The number of hydrogen-bond donors (Lipinski definition) is 1. The van der Waals surface area contributed by atoms with E-state index in [1.165, 1.54) is 4.40 Å². The van der Waals surface area contributed by atoms with Crippen molar-refractivity contribution in [2.24, 2.45) is 0 Å². The van der Waals surface area contributed by atoms with Crippen molar-refractivity contribution in [3.63, 3.8) is 0 Å². The highest BCUT2D eigenvalue weighted by atomic mass is 19.1. The number of aromatic hydroxyl groups is 1. The molecular weight excluding hydrogens is 271 g/mol. The molecule has 0 spiro atoms. The Morgan fingerprint density at radius 3 is 2.76 bits per heavy atom. The SMILES string of the molecule is Cc1ccc2n[c]c(F)n2c1-c1ncc(C(C)C)c(O)n1. The van der Waals surface area contributed by atoms with E-state index in [9.17, 15) is 9.50 Å². The molecule has 0 atom stereocenters. The lowest BCUT2D eigenvalue weighted by molar-refractivity contribution is 0.441. The first-order valence-corrected chi connectivity index (χ1v) is 6.60. The van der Waals surface area contributed by atoms with Crippen molar-refractivity contribution < 1.29 is 9.50 Å². The van der Waals surface area contributed by atoms with E-state index in [2.05, 4.69) is 21.1 Å². The fourth-order valence-corrected chi connectivity index (χ4v) is 2.26. The van der Waals surface area contributed by atoms with E-state index in [-0.39, 0.29) is 17.6 Å². The molecule has 0 aliphatic carbocycles. The van der Waals surface area contributed by atoms with Crippen LogP contribution in [0, 0.1) is 19.1 Å². The summed E-state index contributed by atoms with van der Waals surface area (Å²) in [5.41, 5.74) is 2.32. The molecule has 3 heterocycles. The van der Waals surface area contributed by atoms with Crippen LogP contribution >= 0.6 is 0 Å². The van der Waals surface area contributed by atoms with E-state index < -0.39 is 5.95 Å². The Balaban J connectivity index is 2.27. The molecule has 1 radical (unpaired) electrons. The Morgan fingerprint density at radius 1 is 1.33 bits per heavy atom.